The Morgan fingerprint density at radius 1 is 1.17 bits per heavy atom. The minimum absolute atomic E-state index is 0.910. The summed E-state index contributed by atoms with van der Waals surface area (Å²) in [7, 11) is 2.18. The molecular formula is C14H22N4. The van der Waals surface area contributed by atoms with Crippen LogP contribution in [0.25, 0.3) is 0 Å². The molecule has 98 valence electrons. The number of nitrogen functional groups attached to an aromatic ring is 1. The number of nitrogens with one attached hydrogen (secondary N) is 1. The van der Waals surface area contributed by atoms with Crippen LogP contribution in [0.4, 0.5) is 17.1 Å². The summed E-state index contributed by atoms with van der Waals surface area (Å²) in [5.41, 5.74) is 11.1. The monoisotopic (exact) mass is 246 g/mol. The van der Waals surface area contributed by atoms with Crippen molar-refractivity contribution in [2.75, 3.05) is 55.7 Å². The van der Waals surface area contributed by atoms with Gasteiger partial charge in [-0.25, -0.2) is 0 Å². The van der Waals surface area contributed by atoms with Crippen LogP contribution in [-0.2, 0) is 6.42 Å². The van der Waals surface area contributed by atoms with Crippen LogP contribution in [-0.4, -0.2) is 44.7 Å². The molecule has 0 spiro atoms. The fraction of sp³-hybridized carbons (Fsp3) is 0.571. The highest BCUT2D eigenvalue weighted by atomic mass is 15.3. The van der Waals surface area contributed by atoms with Crippen LogP contribution in [0.3, 0.4) is 0 Å². The van der Waals surface area contributed by atoms with Gasteiger partial charge in [-0.3, -0.25) is 0 Å². The Balaban J connectivity index is 1.95. The van der Waals surface area contributed by atoms with Gasteiger partial charge in [0.25, 0.3) is 0 Å². The van der Waals surface area contributed by atoms with Gasteiger partial charge in [-0.05, 0) is 31.5 Å². The molecule has 1 fully saturated rings. The van der Waals surface area contributed by atoms with E-state index in [4.69, 9.17) is 5.73 Å². The standard InChI is InChI=1S/C14H22N4/c1-17-7-9-18(10-8-17)14-12(15)5-4-11-3-2-6-16-13(11)14/h4-5,16H,2-3,6-10,15H2,1H3. The van der Waals surface area contributed by atoms with E-state index < -0.39 is 0 Å². The van der Waals surface area contributed by atoms with Crippen LogP contribution in [0.15, 0.2) is 12.1 Å². The number of hydrogen-bond donors (Lipinski definition) is 2. The van der Waals surface area contributed by atoms with Crippen molar-refractivity contribution in [1.82, 2.24) is 4.90 Å². The van der Waals surface area contributed by atoms with Gasteiger partial charge in [0.2, 0.25) is 0 Å². The minimum atomic E-state index is 0.910. The van der Waals surface area contributed by atoms with Gasteiger partial charge in [0, 0.05) is 32.7 Å². The second kappa shape index (κ2) is 4.69. The number of likely N-dealkylation sites (N-methyl/N-ethyl adjacent to an activating group) is 1. The normalized spacial score (nSPS) is 20.4. The lowest BCUT2D eigenvalue weighted by Gasteiger charge is -2.37. The molecule has 18 heavy (non-hydrogen) atoms. The van der Waals surface area contributed by atoms with Gasteiger partial charge in [0.1, 0.15) is 0 Å². The third kappa shape index (κ3) is 2.01. The summed E-state index contributed by atoms with van der Waals surface area (Å²) in [5, 5.41) is 3.55. The van der Waals surface area contributed by atoms with E-state index >= 15 is 0 Å². The molecule has 0 aromatic heterocycles. The number of aryl methyl sites for hydroxylation is 1. The molecule has 0 bridgehead atoms. The number of hydrogen-bond acceptors (Lipinski definition) is 4. The van der Waals surface area contributed by atoms with Crippen molar-refractivity contribution < 1.29 is 0 Å². The molecule has 2 aliphatic heterocycles. The van der Waals surface area contributed by atoms with Gasteiger partial charge < -0.3 is 20.9 Å². The Morgan fingerprint density at radius 3 is 2.72 bits per heavy atom. The predicted octanol–water partition coefficient (Wildman–Crippen LogP) is 1.38. The van der Waals surface area contributed by atoms with E-state index in [-0.39, 0.29) is 0 Å². The fourth-order valence-corrected chi connectivity index (χ4v) is 2.92. The number of piperazine rings is 1. The topological polar surface area (TPSA) is 44.5 Å². The summed E-state index contributed by atoms with van der Waals surface area (Å²) in [5.74, 6) is 0. The summed E-state index contributed by atoms with van der Waals surface area (Å²) < 4.78 is 0. The zero-order valence-electron chi connectivity index (χ0n) is 11.1. The number of rotatable bonds is 1. The highest BCUT2D eigenvalue weighted by molar-refractivity contribution is 5.85. The average molecular weight is 246 g/mol. The van der Waals surface area contributed by atoms with Gasteiger partial charge in [-0.2, -0.15) is 0 Å². The molecule has 1 aromatic carbocycles. The summed E-state index contributed by atoms with van der Waals surface area (Å²) >= 11 is 0. The highest BCUT2D eigenvalue weighted by Crippen LogP contribution is 2.38. The first-order valence-electron chi connectivity index (χ1n) is 6.84. The maximum absolute atomic E-state index is 6.21. The predicted molar refractivity (Wildman–Crippen MR) is 77.4 cm³/mol. The molecule has 2 aliphatic rings. The molecule has 4 heteroatoms. The van der Waals surface area contributed by atoms with Crippen LogP contribution in [0, 0.1) is 0 Å². The van der Waals surface area contributed by atoms with E-state index in [0.29, 0.717) is 0 Å². The Labute approximate surface area is 109 Å². The first-order valence-corrected chi connectivity index (χ1v) is 6.84. The molecule has 0 atom stereocenters. The van der Waals surface area contributed by atoms with Crippen LogP contribution >= 0.6 is 0 Å². The van der Waals surface area contributed by atoms with Crippen molar-refractivity contribution in [1.29, 1.82) is 0 Å². The number of benzene rings is 1. The maximum atomic E-state index is 6.21. The third-order valence-electron chi connectivity index (χ3n) is 4.04. The number of nitrogens with two attached hydrogens (primary N) is 1. The van der Waals surface area contributed by atoms with Crippen molar-refractivity contribution in [3.05, 3.63) is 17.7 Å². The van der Waals surface area contributed by atoms with Gasteiger partial charge in [0.05, 0.1) is 17.1 Å². The number of nitrogens with zero attached hydrogens (tertiary/aromatic N) is 2. The summed E-state index contributed by atoms with van der Waals surface area (Å²) in [6.45, 7) is 5.43. The fourth-order valence-electron chi connectivity index (χ4n) is 2.92. The minimum Gasteiger partial charge on any atom is -0.397 e. The van der Waals surface area contributed by atoms with E-state index in [0.717, 1.165) is 38.4 Å². The lowest BCUT2D eigenvalue weighted by molar-refractivity contribution is 0.313. The maximum Gasteiger partial charge on any atom is 0.0839 e. The second-order valence-corrected chi connectivity index (χ2v) is 5.36. The molecule has 2 heterocycles. The molecule has 3 N–H and O–H groups in total. The molecule has 0 aliphatic carbocycles. The molecule has 0 unspecified atom stereocenters. The lowest BCUT2D eigenvalue weighted by Crippen LogP contribution is -2.45. The van der Waals surface area contributed by atoms with E-state index in [2.05, 4.69) is 34.3 Å². The lowest BCUT2D eigenvalue weighted by atomic mass is 10.0. The molecule has 0 saturated carbocycles. The Morgan fingerprint density at radius 2 is 1.94 bits per heavy atom. The third-order valence-corrected chi connectivity index (χ3v) is 4.04. The Kier molecular flexibility index (Phi) is 3.04. The van der Waals surface area contributed by atoms with Crippen LogP contribution in [0.5, 0.6) is 0 Å². The van der Waals surface area contributed by atoms with E-state index in [9.17, 15) is 0 Å². The molecular weight excluding hydrogens is 224 g/mol. The van der Waals surface area contributed by atoms with Crippen molar-refractivity contribution in [2.45, 2.75) is 12.8 Å². The summed E-state index contributed by atoms with van der Waals surface area (Å²) in [6, 6.07) is 4.25. The number of fused-ring (bicyclic) bond motifs is 1. The van der Waals surface area contributed by atoms with Crippen molar-refractivity contribution in [2.24, 2.45) is 0 Å². The number of anilines is 3. The van der Waals surface area contributed by atoms with Crippen LogP contribution in [0.1, 0.15) is 12.0 Å². The molecule has 0 radical (unpaired) electrons. The van der Waals surface area contributed by atoms with Crippen molar-refractivity contribution in [3.63, 3.8) is 0 Å². The molecule has 4 nitrogen and oxygen atoms in total. The van der Waals surface area contributed by atoms with Gasteiger partial charge >= 0.3 is 0 Å². The summed E-state index contributed by atoms with van der Waals surface area (Å²) in [4.78, 5) is 4.81. The van der Waals surface area contributed by atoms with Crippen LogP contribution < -0.4 is 16.0 Å². The average Bonchev–Trinajstić information content (AvgIpc) is 2.40. The largest absolute Gasteiger partial charge is 0.397 e. The Hall–Kier alpha value is -1.42. The zero-order valence-corrected chi connectivity index (χ0v) is 11.1. The smallest absolute Gasteiger partial charge is 0.0839 e. The van der Waals surface area contributed by atoms with Crippen molar-refractivity contribution in [3.8, 4) is 0 Å². The van der Waals surface area contributed by atoms with Gasteiger partial charge in [0.15, 0.2) is 0 Å². The summed E-state index contributed by atoms with van der Waals surface area (Å²) in [6.07, 6.45) is 2.39. The first kappa shape index (κ1) is 11.7. The van der Waals surface area contributed by atoms with Crippen molar-refractivity contribution >= 4 is 17.1 Å². The van der Waals surface area contributed by atoms with Crippen LogP contribution in [0.2, 0.25) is 0 Å². The molecule has 1 saturated heterocycles. The highest BCUT2D eigenvalue weighted by Gasteiger charge is 2.22. The first-order chi connectivity index (χ1) is 8.75. The van der Waals surface area contributed by atoms with E-state index in [1.165, 1.54) is 29.8 Å². The molecule has 0 amide bonds. The Bertz CT molecular complexity index is 436. The SMILES string of the molecule is CN1CCN(c2c(N)ccc3c2NCCC3)CC1. The molecule has 3 rings (SSSR count). The van der Waals surface area contributed by atoms with Gasteiger partial charge in [-0.1, -0.05) is 6.07 Å². The second-order valence-electron chi connectivity index (χ2n) is 5.36. The van der Waals surface area contributed by atoms with E-state index in [1.54, 1.807) is 0 Å². The molecule has 1 aromatic rings. The van der Waals surface area contributed by atoms with Gasteiger partial charge in [-0.15, -0.1) is 0 Å². The zero-order chi connectivity index (χ0) is 12.5. The quantitative estimate of drug-likeness (QED) is 0.735. The van der Waals surface area contributed by atoms with E-state index in [1.807, 2.05) is 0 Å².